The summed E-state index contributed by atoms with van der Waals surface area (Å²) in [6.45, 7) is 0. The Morgan fingerprint density at radius 1 is 1.00 bits per heavy atom. The lowest BCUT2D eigenvalue weighted by atomic mass is 10.2. The van der Waals surface area contributed by atoms with E-state index in [2.05, 4.69) is 14.7 Å². The number of nitrogens with zero attached hydrogens (tertiary/aromatic N) is 3. The SMILES string of the molecule is CNc1nc2ccccc2n2cc(-c3ccc(OC)cc3)nc12. The smallest absolute Gasteiger partial charge is 0.181 e. The van der Waals surface area contributed by atoms with E-state index in [9.17, 15) is 0 Å². The average Bonchev–Trinajstić information content (AvgIpc) is 3.06. The monoisotopic (exact) mass is 304 g/mol. The van der Waals surface area contributed by atoms with Gasteiger partial charge in [0.2, 0.25) is 0 Å². The molecule has 1 N–H and O–H groups in total. The van der Waals surface area contributed by atoms with Crippen molar-refractivity contribution in [1.29, 1.82) is 0 Å². The van der Waals surface area contributed by atoms with Crippen LogP contribution in [-0.4, -0.2) is 28.5 Å². The summed E-state index contributed by atoms with van der Waals surface area (Å²) in [4.78, 5) is 9.40. The number of imidazole rings is 1. The first-order valence-electron chi connectivity index (χ1n) is 7.40. The lowest BCUT2D eigenvalue weighted by Gasteiger charge is -2.05. The molecule has 2 aromatic carbocycles. The number of benzene rings is 2. The predicted molar refractivity (Wildman–Crippen MR) is 92.0 cm³/mol. The second kappa shape index (κ2) is 5.28. The maximum Gasteiger partial charge on any atom is 0.181 e. The van der Waals surface area contributed by atoms with Gasteiger partial charge in [0.1, 0.15) is 5.75 Å². The van der Waals surface area contributed by atoms with Crippen molar-refractivity contribution in [3.8, 4) is 17.0 Å². The van der Waals surface area contributed by atoms with Crippen molar-refractivity contribution in [2.75, 3.05) is 19.5 Å². The molecule has 0 radical (unpaired) electrons. The van der Waals surface area contributed by atoms with Crippen LogP contribution in [0.3, 0.4) is 0 Å². The molecule has 23 heavy (non-hydrogen) atoms. The molecule has 0 aliphatic rings. The highest BCUT2D eigenvalue weighted by atomic mass is 16.5. The number of nitrogens with one attached hydrogen (secondary N) is 1. The Morgan fingerprint density at radius 3 is 2.52 bits per heavy atom. The number of rotatable bonds is 3. The third kappa shape index (κ3) is 2.17. The minimum absolute atomic E-state index is 0.767. The van der Waals surface area contributed by atoms with Gasteiger partial charge in [-0.05, 0) is 36.4 Å². The Hall–Kier alpha value is -3.08. The third-order valence-corrected chi connectivity index (χ3v) is 3.91. The van der Waals surface area contributed by atoms with E-state index in [0.29, 0.717) is 0 Å². The summed E-state index contributed by atoms with van der Waals surface area (Å²) in [5.74, 6) is 1.60. The number of para-hydroxylation sites is 2. The standard InChI is InChI=1S/C18H16N4O/c1-19-17-18-21-15(12-7-9-13(23-2)10-8-12)11-22(18)16-6-4-3-5-14(16)20-17/h3-11H,1-2H3,(H,19,20). The van der Waals surface area contributed by atoms with Crippen LogP contribution in [0.4, 0.5) is 5.82 Å². The number of hydrogen-bond donors (Lipinski definition) is 1. The molecule has 2 heterocycles. The molecule has 5 heteroatoms. The Labute approximate surface area is 133 Å². The van der Waals surface area contributed by atoms with Crippen LogP contribution >= 0.6 is 0 Å². The first-order chi connectivity index (χ1) is 11.3. The zero-order valence-electron chi connectivity index (χ0n) is 12.9. The summed E-state index contributed by atoms with van der Waals surface area (Å²) < 4.78 is 7.29. The summed E-state index contributed by atoms with van der Waals surface area (Å²) in [7, 11) is 3.52. The Morgan fingerprint density at radius 2 is 1.78 bits per heavy atom. The summed E-state index contributed by atoms with van der Waals surface area (Å²) >= 11 is 0. The molecule has 0 atom stereocenters. The van der Waals surface area contributed by atoms with Crippen LogP contribution in [0.1, 0.15) is 0 Å². The van der Waals surface area contributed by atoms with Gasteiger partial charge in [0.15, 0.2) is 11.5 Å². The molecule has 0 saturated carbocycles. The zero-order valence-corrected chi connectivity index (χ0v) is 12.9. The molecule has 5 nitrogen and oxygen atoms in total. The van der Waals surface area contributed by atoms with Crippen molar-refractivity contribution >= 4 is 22.5 Å². The van der Waals surface area contributed by atoms with Crippen LogP contribution in [0.25, 0.3) is 27.9 Å². The van der Waals surface area contributed by atoms with Gasteiger partial charge in [-0.2, -0.15) is 0 Å². The largest absolute Gasteiger partial charge is 0.497 e. The Balaban J connectivity index is 1.97. The number of hydrogen-bond acceptors (Lipinski definition) is 4. The summed E-state index contributed by atoms with van der Waals surface area (Å²) in [5.41, 5.74) is 4.73. The lowest BCUT2D eigenvalue weighted by molar-refractivity contribution is 0.415. The van der Waals surface area contributed by atoms with E-state index in [1.54, 1.807) is 7.11 Å². The second-order valence-electron chi connectivity index (χ2n) is 5.25. The second-order valence-corrected chi connectivity index (χ2v) is 5.25. The molecule has 0 unspecified atom stereocenters. The molecule has 2 aromatic heterocycles. The van der Waals surface area contributed by atoms with Crippen LogP contribution in [0.2, 0.25) is 0 Å². The van der Waals surface area contributed by atoms with Gasteiger partial charge in [-0.25, -0.2) is 9.97 Å². The molecule has 0 aliphatic carbocycles. The average molecular weight is 304 g/mol. The fraction of sp³-hybridized carbons (Fsp3) is 0.111. The molecular formula is C18H16N4O. The molecule has 0 bridgehead atoms. The molecule has 4 aromatic rings. The molecule has 0 aliphatic heterocycles. The highest BCUT2D eigenvalue weighted by Gasteiger charge is 2.12. The molecule has 4 rings (SSSR count). The van der Waals surface area contributed by atoms with E-state index in [0.717, 1.165) is 39.5 Å². The van der Waals surface area contributed by atoms with Crippen molar-refractivity contribution < 1.29 is 4.74 Å². The van der Waals surface area contributed by atoms with E-state index >= 15 is 0 Å². The van der Waals surface area contributed by atoms with Gasteiger partial charge >= 0.3 is 0 Å². The normalized spacial score (nSPS) is 11.0. The van der Waals surface area contributed by atoms with E-state index < -0.39 is 0 Å². The van der Waals surface area contributed by atoms with Crippen LogP contribution in [0.15, 0.2) is 54.7 Å². The number of ether oxygens (including phenoxy) is 1. The summed E-state index contributed by atoms with van der Waals surface area (Å²) in [5, 5.41) is 3.13. The fourth-order valence-electron chi connectivity index (χ4n) is 2.73. The van der Waals surface area contributed by atoms with Crippen molar-refractivity contribution in [2.45, 2.75) is 0 Å². The number of anilines is 1. The van der Waals surface area contributed by atoms with Crippen molar-refractivity contribution in [2.24, 2.45) is 0 Å². The number of aromatic nitrogens is 3. The van der Waals surface area contributed by atoms with E-state index in [1.807, 2.05) is 61.8 Å². The minimum Gasteiger partial charge on any atom is -0.497 e. The Kier molecular flexibility index (Phi) is 3.12. The van der Waals surface area contributed by atoms with Gasteiger partial charge < -0.3 is 10.1 Å². The first kappa shape index (κ1) is 13.6. The fourth-order valence-corrected chi connectivity index (χ4v) is 2.73. The molecule has 0 fully saturated rings. The van der Waals surface area contributed by atoms with Gasteiger partial charge in [0.05, 0.1) is 23.8 Å². The van der Waals surface area contributed by atoms with E-state index in [1.165, 1.54) is 0 Å². The summed E-state index contributed by atoms with van der Waals surface area (Å²) in [6.07, 6.45) is 2.04. The molecule has 114 valence electrons. The maximum absolute atomic E-state index is 5.21. The quantitative estimate of drug-likeness (QED) is 0.628. The van der Waals surface area contributed by atoms with Crippen molar-refractivity contribution in [1.82, 2.24) is 14.4 Å². The Bertz CT molecular complexity index is 989. The van der Waals surface area contributed by atoms with Crippen LogP contribution < -0.4 is 10.1 Å². The molecule has 0 saturated heterocycles. The molecule has 0 spiro atoms. The van der Waals surface area contributed by atoms with Crippen LogP contribution in [0.5, 0.6) is 5.75 Å². The summed E-state index contributed by atoms with van der Waals surface area (Å²) in [6, 6.07) is 15.9. The van der Waals surface area contributed by atoms with E-state index in [4.69, 9.17) is 9.72 Å². The van der Waals surface area contributed by atoms with Crippen molar-refractivity contribution in [3.05, 3.63) is 54.7 Å². The third-order valence-electron chi connectivity index (χ3n) is 3.91. The number of fused-ring (bicyclic) bond motifs is 3. The maximum atomic E-state index is 5.21. The van der Waals surface area contributed by atoms with Crippen LogP contribution in [-0.2, 0) is 0 Å². The van der Waals surface area contributed by atoms with Gasteiger partial charge in [0.25, 0.3) is 0 Å². The number of methoxy groups -OCH3 is 1. The lowest BCUT2D eigenvalue weighted by Crippen LogP contribution is -1.98. The van der Waals surface area contributed by atoms with Crippen molar-refractivity contribution in [3.63, 3.8) is 0 Å². The minimum atomic E-state index is 0.767. The zero-order chi connectivity index (χ0) is 15.8. The van der Waals surface area contributed by atoms with Crippen LogP contribution in [0, 0.1) is 0 Å². The predicted octanol–water partition coefficient (Wildman–Crippen LogP) is 3.60. The molecule has 0 amide bonds. The van der Waals surface area contributed by atoms with Gasteiger partial charge in [-0.15, -0.1) is 0 Å². The first-order valence-corrected chi connectivity index (χ1v) is 7.40. The van der Waals surface area contributed by atoms with Gasteiger partial charge in [0, 0.05) is 18.8 Å². The van der Waals surface area contributed by atoms with E-state index in [-0.39, 0.29) is 0 Å². The van der Waals surface area contributed by atoms with Gasteiger partial charge in [-0.1, -0.05) is 12.1 Å². The van der Waals surface area contributed by atoms with Gasteiger partial charge in [-0.3, -0.25) is 4.40 Å². The molecular weight excluding hydrogens is 288 g/mol. The highest BCUT2D eigenvalue weighted by Crippen LogP contribution is 2.27. The highest BCUT2D eigenvalue weighted by molar-refractivity contribution is 5.84. The topological polar surface area (TPSA) is 51.5 Å².